The fourth-order valence-electron chi connectivity index (χ4n) is 1.27. The van der Waals surface area contributed by atoms with Crippen LogP contribution in [0.4, 0.5) is 4.79 Å². The number of alkyl carbamates (subject to hydrolysis) is 1. The lowest BCUT2D eigenvalue weighted by atomic mass is 9.96. The molecule has 0 radical (unpaired) electrons. The van der Waals surface area contributed by atoms with Crippen molar-refractivity contribution < 1.29 is 34.1 Å². The fraction of sp³-hybridized carbons (Fsp3) is 0.636. The molecule has 0 spiro atoms. The highest BCUT2D eigenvalue weighted by Crippen LogP contribution is 2.10. The molecule has 8 heteroatoms. The summed E-state index contributed by atoms with van der Waals surface area (Å²) in [5, 5.41) is 19.6. The van der Waals surface area contributed by atoms with Crippen LogP contribution in [0.25, 0.3) is 0 Å². The molecule has 1 amide bonds. The molecule has 3 N–H and O–H groups in total. The van der Waals surface area contributed by atoms with E-state index in [1.54, 1.807) is 20.8 Å². The quantitative estimate of drug-likeness (QED) is 0.613. The molecule has 0 aliphatic heterocycles. The van der Waals surface area contributed by atoms with Gasteiger partial charge in [0.1, 0.15) is 23.3 Å². The topological polar surface area (TPSA) is 130 Å². The molecule has 0 rings (SSSR count). The lowest BCUT2D eigenvalue weighted by Crippen LogP contribution is -2.52. The van der Waals surface area contributed by atoms with Gasteiger partial charge in [-0.1, -0.05) is 0 Å². The normalized spacial score (nSPS) is 14.1. The fourth-order valence-corrected chi connectivity index (χ4v) is 1.27. The van der Waals surface area contributed by atoms with Gasteiger partial charge >= 0.3 is 18.0 Å². The van der Waals surface area contributed by atoms with Crippen molar-refractivity contribution in [2.75, 3.05) is 0 Å². The minimum Gasteiger partial charge on any atom is -0.481 e. The zero-order valence-corrected chi connectivity index (χ0v) is 11.1. The van der Waals surface area contributed by atoms with Crippen molar-refractivity contribution in [1.29, 1.82) is 0 Å². The summed E-state index contributed by atoms with van der Waals surface area (Å²) in [6.45, 7) is 5.61. The second-order valence-corrected chi connectivity index (χ2v) is 4.89. The van der Waals surface area contributed by atoms with E-state index in [0.29, 0.717) is 0 Å². The van der Waals surface area contributed by atoms with Crippen LogP contribution in [0.2, 0.25) is 0 Å². The summed E-state index contributed by atoms with van der Waals surface area (Å²) in [4.78, 5) is 44.4. The Balaban J connectivity index is 5.03. The van der Waals surface area contributed by atoms with Crippen molar-refractivity contribution in [2.24, 2.45) is 5.92 Å². The molecule has 0 fully saturated rings. The van der Waals surface area contributed by atoms with Gasteiger partial charge in [0.15, 0.2) is 0 Å². The first kappa shape index (κ1) is 16.9. The number of nitrogens with one attached hydrogen (secondary N) is 1. The van der Waals surface area contributed by atoms with Crippen LogP contribution in [0.1, 0.15) is 27.7 Å². The van der Waals surface area contributed by atoms with E-state index in [-0.39, 0.29) is 0 Å². The Labute approximate surface area is 109 Å². The molecule has 19 heavy (non-hydrogen) atoms. The second-order valence-electron chi connectivity index (χ2n) is 4.89. The van der Waals surface area contributed by atoms with E-state index in [9.17, 15) is 19.2 Å². The van der Waals surface area contributed by atoms with E-state index in [1.165, 1.54) is 0 Å². The highest BCUT2D eigenvalue weighted by molar-refractivity contribution is 6.02. The van der Waals surface area contributed by atoms with E-state index in [0.717, 1.165) is 6.92 Å². The van der Waals surface area contributed by atoms with Gasteiger partial charge in [-0.2, -0.15) is 0 Å². The summed E-state index contributed by atoms with van der Waals surface area (Å²) < 4.78 is 4.81. The zero-order valence-electron chi connectivity index (χ0n) is 11.1. The molecule has 0 aromatic carbocycles. The minimum absolute atomic E-state index is 0.873. The average molecular weight is 275 g/mol. The molecule has 2 atom stereocenters. The standard InChI is InChI=1S/C11H17NO7/c1-5(13)6(8(14)15)7(9(16)17)12-10(18)19-11(2,3)4/h6-7H,1-4H3,(H,12,18)(H,14,15)(H,16,17)/t6?,7-/m1/s1. The summed E-state index contributed by atoms with van der Waals surface area (Å²) in [6.07, 6.45) is -1.10. The van der Waals surface area contributed by atoms with Crippen LogP contribution < -0.4 is 5.32 Å². The minimum atomic E-state index is -1.88. The maximum atomic E-state index is 11.4. The van der Waals surface area contributed by atoms with Gasteiger partial charge in [-0.25, -0.2) is 9.59 Å². The number of carboxylic acid groups (broad SMARTS) is 2. The maximum absolute atomic E-state index is 11.4. The zero-order chi connectivity index (χ0) is 15.4. The molecule has 0 saturated carbocycles. The highest BCUT2D eigenvalue weighted by Gasteiger charge is 2.39. The summed E-state index contributed by atoms with van der Waals surface area (Å²) in [5.41, 5.74) is -0.873. The lowest BCUT2D eigenvalue weighted by Gasteiger charge is -2.23. The first-order valence-corrected chi connectivity index (χ1v) is 5.41. The number of rotatable bonds is 5. The van der Waals surface area contributed by atoms with Crippen molar-refractivity contribution in [1.82, 2.24) is 5.32 Å². The third-order valence-corrected chi connectivity index (χ3v) is 1.98. The number of hydrogen-bond donors (Lipinski definition) is 3. The summed E-state index contributed by atoms with van der Waals surface area (Å²) in [6, 6.07) is -1.88. The summed E-state index contributed by atoms with van der Waals surface area (Å²) in [7, 11) is 0. The van der Waals surface area contributed by atoms with Gasteiger partial charge in [-0.3, -0.25) is 9.59 Å². The summed E-state index contributed by atoms with van der Waals surface area (Å²) >= 11 is 0. The van der Waals surface area contributed by atoms with Crippen LogP contribution in [0.3, 0.4) is 0 Å². The van der Waals surface area contributed by atoms with Crippen LogP contribution >= 0.6 is 0 Å². The van der Waals surface area contributed by atoms with Gasteiger partial charge in [0.2, 0.25) is 0 Å². The van der Waals surface area contributed by atoms with E-state index in [1.807, 2.05) is 5.32 Å². The second kappa shape index (κ2) is 6.17. The van der Waals surface area contributed by atoms with Crippen LogP contribution in [-0.4, -0.2) is 45.7 Å². The number of aliphatic carboxylic acids is 2. The molecular formula is C11H17NO7. The van der Waals surface area contributed by atoms with Crippen molar-refractivity contribution in [3.8, 4) is 0 Å². The van der Waals surface area contributed by atoms with Crippen LogP contribution in [0.15, 0.2) is 0 Å². The van der Waals surface area contributed by atoms with E-state index in [4.69, 9.17) is 14.9 Å². The van der Waals surface area contributed by atoms with E-state index < -0.39 is 41.4 Å². The number of amides is 1. The lowest BCUT2D eigenvalue weighted by molar-refractivity contribution is -0.154. The number of carboxylic acids is 2. The monoisotopic (exact) mass is 275 g/mol. The molecule has 0 aromatic rings. The summed E-state index contributed by atoms with van der Waals surface area (Å²) in [5.74, 6) is -6.01. The Kier molecular flexibility index (Phi) is 5.48. The van der Waals surface area contributed by atoms with Crippen LogP contribution in [0, 0.1) is 5.92 Å². The number of carbonyl (C=O) groups is 4. The third kappa shape index (κ3) is 5.84. The Morgan fingerprint density at radius 2 is 1.53 bits per heavy atom. The predicted molar refractivity (Wildman–Crippen MR) is 62.6 cm³/mol. The number of hydrogen-bond acceptors (Lipinski definition) is 5. The average Bonchev–Trinajstić information content (AvgIpc) is 2.11. The smallest absolute Gasteiger partial charge is 0.408 e. The van der Waals surface area contributed by atoms with Crippen molar-refractivity contribution >= 4 is 23.8 Å². The number of carbonyl (C=O) groups excluding carboxylic acids is 2. The third-order valence-electron chi connectivity index (χ3n) is 1.98. The van der Waals surface area contributed by atoms with Gasteiger partial charge in [0.05, 0.1) is 0 Å². The Hall–Kier alpha value is -2.12. The van der Waals surface area contributed by atoms with Crippen molar-refractivity contribution in [2.45, 2.75) is 39.3 Å². The van der Waals surface area contributed by atoms with Gasteiger partial charge in [0, 0.05) is 0 Å². The van der Waals surface area contributed by atoms with Crippen LogP contribution in [0.5, 0.6) is 0 Å². The van der Waals surface area contributed by atoms with E-state index >= 15 is 0 Å². The molecule has 0 bridgehead atoms. The Morgan fingerprint density at radius 3 is 1.79 bits per heavy atom. The molecule has 0 saturated heterocycles. The maximum Gasteiger partial charge on any atom is 0.408 e. The van der Waals surface area contributed by atoms with E-state index in [2.05, 4.69) is 0 Å². The molecule has 8 nitrogen and oxygen atoms in total. The molecule has 108 valence electrons. The highest BCUT2D eigenvalue weighted by atomic mass is 16.6. The molecule has 0 aliphatic rings. The van der Waals surface area contributed by atoms with Crippen LogP contribution in [-0.2, 0) is 19.1 Å². The van der Waals surface area contributed by atoms with Crippen molar-refractivity contribution in [3.05, 3.63) is 0 Å². The molecule has 0 heterocycles. The molecule has 0 aromatic heterocycles. The first-order chi connectivity index (χ1) is 8.45. The predicted octanol–water partition coefficient (Wildman–Crippen LogP) is 0.254. The molecular weight excluding hydrogens is 258 g/mol. The Morgan fingerprint density at radius 1 is 1.05 bits per heavy atom. The number of Topliss-reactive ketones (excluding diaryl/α,β-unsaturated/α-hetero) is 1. The van der Waals surface area contributed by atoms with Gasteiger partial charge in [-0.05, 0) is 27.7 Å². The van der Waals surface area contributed by atoms with Crippen molar-refractivity contribution in [3.63, 3.8) is 0 Å². The largest absolute Gasteiger partial charge is 0.481 e. The number of ketones is 1. The van der Waals surface area contributed by atoms with Gasteiger partial charge < -0.3 is 20.3 Å². The SMILES string of the molecule is CC(=O)C(C(=O)O)[C@@H](NC(=O)OC(C)(C)C)C(=O)O. The Bertz CT molecular complexity index is 382. The van der Waals surface area contributed by atoms with Gasteiger partial charge in [-0.15, -0.1) is 0 Å². The van der Waals surface area contributed by atoms with Gasteiger partial charge in [0.25, 0.3) is 0 Å². The first-order valence-electron chi connectivity index (χ1n) is 5.41. The number of ether oxygens (including phenoxy) is 1. The molecule has 1 unspecified atom stereocenters. The molecule has 0 aliphatic carbocycles.